The van der Waals surface area contributed by atoms with Crippen LogP contribution in [0, 0.1) is 6.92 Å². The molecule has 1 aromatic carbocycles. The summed E-state index contributed by atoms with van der Waals surface area (Å²) < 4.78 is 5.88. The number of pyridine rings is 2. The van der Waals surface area contributed by atoms with Crippen LogP contribution in [-0.4, -0.2) is 9.97 Å². The molecular formula is C17H17N3O. The predicted octanol–water partition coefficient (Wildman–Crippen LogP) is 2.98. The summed E-state index contributed by atoms with van der Waals surface area (Å²) in [6.07, 6.45) is 1.78. The van der Waals surface area contributed by atoms with Crippen LogP contribution < -0.4 is 10.5 Å². The second-order valence-electron chi connectivity index (χ2n) is 4.93. The molecule has 2 heterocycles. The van der Waals surface area contributed by atoms with Crippen molar-refractivity contribution in [3.8, 4) is 5.75 Å². The molecule has 0 spiro atoms. The molecule has 0 aliphatic rings. The number of aromatic nitrogens is 2. The summed E-state index contributed by atoms with van der Waals surface area (Å²) in [6, 6.07) is 13.9. The van der Waals surface area contributed by atoms with Gasteiger partial charge in [0.2, 0.25) is 0 Å². The Balaban J connectivity index is 1.82. The van der Waals surface area contributed by atoms with Crippen molar-refractivity contribution < 1.29 is 4.74 Å². The van der Waals surface area contributed by atoms with Crippen molar-refractivity contribution in [2.75, 3.05) is 0 Å². The van der Waals surface area contributed by atoms with Gasteiger partial charge < -0.3 is 10.5 Å². The van der Waals surface area contributed by atoms with E-state index < -0.39 is 0 Å². The molecule has 0 saturated carbocycles. The Morgan fingerprint density at radius 3 is 2.76 bits per heavy atom. The second kappa shape index (κ2) is 5.89. The molecule has 4 nitrogen and oxygen atoms in total. The first-order valence-corrected chi connectivity index (χ1v) is 6.89. The quantitative estimate of drug-likeness (QED) is 0.797. The first-order valence-electron chi connectivity index (χ1n) is 6.89. The van der Waals surface area contributed by atoms with Crippen LogP contribution in [0.1, 0.15) is 17.0 Å². The Morgan fingerprint density at radius 1 is 1.10 bits per heavy atom. The lowest BCUT2D eigenvalue weighted by atomic mass is 10.2. The van der Waals surface area contributed by atoms with Crippen LogP contribution >= 0.6 is 0 Å². The molecule has 3 aromatic rings. The molecule has 0 atom stereocenters. The van der Waals surface area contributed by atoms with Gasteiger partial charge in [-0.3, -0.25) is 4.98 Å². The number of hydrogen-bond acceptors (Lipinski definition) is 4. The largest absolute Gasteiger partial charge is 0.485 e. The van der Waals surface area contributed by atoms with Gasteiger partial charge in [-0.15, -0.1) is 0 Å². The summed E-state index contributed by atoms with van der Waals surface area (Å²) >= 11 is 0. The molecule has 106 valence electrons. The maximum Gasteiger partial charge on any atom is 0.146 e. The van der Waals surface area contributed by atoms with E-state index in [1.165, 1.54) is 0 Å². The van der Waals surface area contributed by atoms with Gasteiger partial charge in [-0.05, 0) is 30.7 Å². The van der Waals surface area contributed by atoms with Gasteiger partial charge in [0.15, 0.2) is 0 Å². The molecule has 0 amide bonds. The van der Waals surface area contributed by atoms with Gasteiger partial charge >= 0.3 is 0 Å². The van der Waals surface area contributed by atoms with Gasteiger partial charge in [0, 0.05) is 23.8 Å². The first-order chi connectivity index (χ1) is 10.3. The lowest BCUT2D eigenvalue weighted by Gasteiger charge is -2.09. The third-order valence-corrected chi connectivity index (χ3v) is 3.32. The summed E-state index contributed by atoms with van der Waals surface area (Å²) in [7, 11) is 0. The summed E-state index contributed by atoms with van der Waals surface area (Å²) in [6.45, 7) is 2.89. The third-order valence-electron chi connectivity index (χ3n) is 3.32. The standard InChI is InChI=1S/C17H17N3O/c1-12-5-7-14-3-2-4-16(17(14)20-12)21-11-15-8-6-13(9-18)10-19-15/h2-8,10H,9,11,18H2,1H3. The summed E-state index contributed by atoms with van der Waals surface area (Å²) in [5.74, 6) is 0.779. The van der Waals surface area contributed by atoms with E-state index in [4.69, 9.17) is 10.5 Å². The van der Waals surface area contributed by atoms with Gasteiger partial charge in [0.05, 0.1) is 5.69 Å². The van der Waals surface area contributed by atoms with Crippen LogP contribution in [0.4, 0.5) is 0 Å². The van der Waals surface area contributed by atoms with E-state index in [1.54, 1.807) is 6.20 Å². The normalized spacial score (nSPS) is 10.8. The number of nitrogens with two attached hydrogens (primary N) is 1. The van der Waals surface area contributed by atoms with Gasteiger partial charge in [-0.25, -0.2) is 4.98 Å². The topological polar surface area (TPSA) is 61.0 Å². The first kappa shape index (κ1) is 13.5. The average molecular weight is 279 g/mol. The zero-order chi connectivity index (χ0) is 14.7. The number of benzene rings is 1. The highest BCUT2D eigenvalue weighted by molar-refractivity contribution is 5.84. The lowest BCUT2D eigenvalue weighted by molar-refractivity contribution is 0.304. The third kappa shape index (κ3) is 3.01. The van der Waals surface area contributed by atoms with Crippen molar-refractivity contribution in [2.45, 2.75) is 20.1 Å². The van der Waals surface area contributed by atoms with Crippen LogP contribution in [-0.2, 0) is 13.2 Å². The zero-order valence-electron chi connectivity index (χ0n) is 11.9. The number of aryl methyl sites for hydroxylation is 1. The van der Waals surface area contributed by atoms with Crippen LogP contribution in [0.25, 0.3) is 10.9 Å². The molecule has 0 unspecified atom stereocenters. The zero-order valence-corrected chi connectivity index (χ0v) is 11.9. The van der Waals surface area contributed by atoms with E-state index >= 15 is 0 Å². The van der Waals surface area contributed by atoms with E-state index in [2.05, 4.69) is 16.0 Å². The van der Waals surface area contributed by atoms with E-state index in [9.17, 15) is 0 Å². The SMILES string of the molecule is Cc1ccc2cccc(OCc3ccc(CN)cn3)c2n1. The van der Waals surface area contributed by atoms with Crippen LogP contribution in [0.5, 0.6) is 5.75 Å². The number of hydrogen-bond donors (Lipinski definition) is 1. The molecular weight excluding hydrogens is 262 g/mol. The number of ether oxygens (including phenoxy) is 1. The van der Waals surface area contributed by atoms with Crippen molar-refractivity contribution in [1.29, 1.82) is 0 Å². The summed E-state index contributed by atoms with van der Waals surface area (Å²) in [5, 5.41) is 1.07. The number of rotatable bonds is 4. The number of nitrogens with zero attached hydrogens (tertiary/aromatic N) is 2. The fourth-order valence-corrected chi connectivity index (χ4v) is 2.15. The second-order valence-corrected chi connectivity index (χ2v) is 4.93. The Kier molecular flexibility index (Phi) is 3.79. The van der Waals surface area contributed by atoms with E-state index in [-0.39, 0.29) is 0 Å². The Labute approximate surface area is 123 Å². The van der Waals surface area contributed by atoms with Crippen molar-refractivity contribution in [2.24, 2.45) is 5.73 Å². The van der Waals surface area contributed by atoms with Crippen molar-refractivity contribution in [3.63, 3.8) is 0 Å². The van der Waals surface area contributed by atoms with Gasteiger partial charge in [-0.1, -0.05) is 24.3 Å². The van der Waals surface area contributed by atoms with E-state index in [1.807, 2.05) is 43.3 Å². The molecule has 3 rings (SSSR count). The van der Waals surface area contributed by atoms with Crippen LogP contribution in [0.3, 0.4) is 0 Å². The molecule has 4 heteroatoms. The average Bonchev–Trinajstić information content (AvgIpc) is 2.53. The Hall–Kier alpha value is -2.46. The fourth-order valence-electron chi connectivity index (χ4n) is 2.15. The minimum atomic E-state index is 0.416. The Morgan fingerprint density at radius 2 is 2.00 bits per heavy atom. The molecule has 0 fully saturated rings. The Bertz CT molecular complexity index is 754. The maximum atomic E-state index is 5.88. The van der Waals surface area contributed by atoms with Crippen molar-refractivity contribution in [1.82, 2.24) is 9.97 Å². The molecule has 21 heavy (non-hydrogen) atoms. The predicted molar refractivity (Wildman–Crippen MR) is 82.9 cm³/mol. The number of fused-ring (bicyclic) bond motifs is 1. The summed E-state index contributed by atoms with van der Waals surface area (Å²) in [4.78, 5) is 8.89. The molecule has 2 aromatic heterocycles. The summed E-state index contributed by atoms with van der Waals surface area (Å²) in [5.41, 5.74) is 9.31. The molecule has 0 aliphatic heterocycles. The van der Waals surface area contributed by atoms with Crippen molar-refractivity contribution >= 4 is 10.9 Å². The molecule has 0 aliphatic carbocycles. The molecule has 0 bridgehead atoms. The lowest BCUT2D eigenvalue weighted by Crippen LogP contribution is -2.02. The highest BCUT2D eigenvalue weighted by atomic mass is 16.5. The fraction of sp³-hybridized carbons (Fsp3) is 0.176. The maximum absolute atomic E-state index is 5.88. The van der Waals surface area contributed by atoms with Gasteiger partial charge in [0.25, 0.3) is 0 Å². The molecule has 0 radical (unpaired) electrons. The monoisotopic (exact) mass is 279 g/mol. The molecule has 0 saturated heterocycles. The smallest absolute Gasteiger partial charge is 0.146 e. The van der Waals surface area contributed by atoms with Gasteiger partial charge in [0.1, 0.15) is 17.9 Å². The minimum Gasteiger partial charge on any atom is -0.485 e. The van der Waals surface area contributed by atoms with Crippen molar-refractivity contribution in [3.05, 3.63) is 65.6 Å². The highest BCUT2D eigenvalue weighted by Gasteiger charge is 2.05. The van der Waals surface area contributed by atoms with E-state index in [0.29, 0.717) is 13.2 Å². The molecule has 2 N–H and O–H groups in total. The van der Waals surface area contributed by atoms with Gasteiger partial charge in [-0.2, -0.15) is 0 Å². The highest BCUT2D eigenvalue weighted by Crippen LogP contribution is 2.24. The minimum absolute atomic E-state index is 0.416. The van der Waals surface area contributed by atoms with Crippen LogP contribution in [0.15, 0.2) is 48.7 Å². The van der Waals surface area contributed by atoms with E-state index in [0.717, 1.165) is 33.6 Å². The number of para-hydroxylation sites is 1. The van der Waals surface area contributed by atoms with Crippen LogP contribution in [0.2, 0.25) is 0 Å².